The van der Waals surface area contributed by atoms with Gasteiger partial charge in [-0.15, -0.1) is 0 Å². The van der Waals surface area contributed by atoms with Crippen LogP contribution < -0.4 is 0 Å². The second-order valence-corrected chi connectivity index (χ2v) is 5.33. The molecule has 1 aliphatic heterocycles. The summed E-state index contributed by atoms with van der Waals surface area (Å²) in [5.74, 6) is 0.0302. The molecule has 6 heteroatoms. The van der Waals surface area contributed by atoms with E-state index in [1.807, 2.05) is 58.3 Å². The summed E-state index contributed by atoms with van der Waals surface area (Å²) >= 11 is 0. The third-order valence-corrected chi connectivity index (χ3v) is 3.95. The molecule has 110 valence electrons. The summed E-state index contributed by atoms with van der Waals surface area (Å²) in [5.41, 5.74) is 3.50. The van der Waals surface area contributed by atoms with Gasteiger partial charge in [-0.25, -0.2) is 0 Å². The molecule has 0 saturated heterocycles. The highest BCUT2D eigenvalue weighted by Gasteiger charge is 2.24. The summed E-state index contributed by atoms with van der Waals surface area (Å²) in [6.07, 6.45) is 4.67. The first-order chi connectivity index (χ1) is 10.8. The number of nitrogens with one attached hydrogen (secondary N) is 1. The van der Waals surface area contributed by atoms with Crippen molar-refractivity contribution in [1.82, 2.24) is 24.9 Å². The van der Waals surface area contributed by atoms with Crippen LogP contribution >= 0.6 is 0 Å². The van der Waals surface area contributed by atoms with Gasteiger partial charge < -0.3 is 9.47 Å². The predicted octanol–water partition coefficient (Wildman–Crippen LogP) is 1.79. The second kappa shape index (κ2) is 5.14. The highest BCUT2D eigenvalue weighted by Crippen LogP contribution is 2.18. The molecule has 6 nitrogen and oxygen atoms in total. The second-order valence-electron chi connectivity index (χ2n) is 5.33. The Bertz CT molecular complexity index is 806. The standard InChI is InChI=1S/C16H15N5O/c22-16(21-9-6-14-15(11-21)18-19-17-14)12-4-3-5-13(10-12)20-7-1-2-8-20/h1-5,7-8,10H,6,9,11H2,(H,17,18,19). The number of carbonyl (C=O) groups excluding carboxylic acids is 1. The lowest BCUT2D eigenvalue weighted by Gasteiger charge is -2.25. The largest absolute Gasteiger partial charge is 0.332 e. The van der Waals surface area contributed by atoms with Crippen molar-refractivity contribution >= 4 is 5.91 Å². The molecular weight excluding hydrogens is 278 g/mol. The van der Waals surface area contributed by atoms with E-state index in [4.69, 9.17) is 0 Å². The van der Waals surface area contributed by atoms with Gasteiger partial charge in [0.05, 0.1) is 12.2 Å². The summed E-state index contributed by atoms with van der Waals surface area (Å²) in [6.45, 7) is 1.19. The average molecular weight is 293 g/mol. The van der Waals surface area contributed by atoms with Crippen LogP contribution in [-0.2, 0) is 13.0 Å². The van der Waals surface area contributed by atoms with Gasteiger partial charge in [0, 0.05) is 36.6 Å². The highest BCUT2D eigenvalue weighted by molar-refractivity contribution is 5.94. The maximum Gasteiger partial charge on any atom is 0.254 e. The van der Waals surface area contributed by atoms with E-state index in [1.165, 1.54) is 0 Å². The lowest BCUT2D eigenvalue weighted by molar-refractivity contribution is 0.0732. The number of aromatic nitrogens is 4. The third kappa shape index (κ3) is 2.18. The Morgan fingerprint density at radius 2 is 1.91 bits per heavy atom. The van der Waals surface area contributed by atoms with E-state index in [0.717, 1.165) is 23.5 Å². The minimum Gasteiger partial charge on any atom is -0.332 e. The molecule has 1 amide bonds. The van der Waals surface area contributed by atoms with Crippen LogP contribution in [0.15, 0.2) is 48.8 Å². The van der Waals surface area contributed by atoms with Crippen molar-refractivity contribution in [1.29, 1.82) is 0 Å². The van der Waals surface area contributed by atoms with Crippen LogP contribution in [0.2, 0.25) is 0 Å². The van der Waals surface area contributed by atoms with Gasteiger partial charge in [-0.1, -0.05) is 6.07 Å². The number of fused-ring (bicyclic) bond motifs is 1. The van der Waals surface area contributed by atoms with E-state index in [9.17, 15) is 4.79 Å². The number of benzene rings is 1. The van der Waals surface area contributed by atoms with Crippen molar-refractivity contribution < 1.29 is 4.79 Å². The van der Waals surface area contributed by atoms with Gasteiger partial charge in [0.15, 0.2) is 0 Å². The van der Waals surface area contributed by atoms with Gasteiger partial charge >= 0.3 is 0 Å². The molecule has 1 aromatic carbocycles. The van der Waals surface area contributed by atoms with Crippen molar-refractivity contribution in [2.24, 2.45) is 0 Å². The lowest BCUT2D eigenvalue weighted by atomic mass is 10.1. The molecule has 0 spiro atoms. The van der Waals surface area contributed by atoms with Crippen molar-refractivity contribution in [3.63, 3.8) is 0 Å². The Morgan fingerprint density at radius 1 is 1.09 bits per heavy atom. The topological polar surface area (TPSA) is 66.8 Å². The molecule has 0 aliphatic carbocycles. The molecule has 22 heavy (non-hydrogen) atoms. The Morgan fingerprint density at radius 3 is 2.77 bits per heavy atom. The maximum atomic E-state index is 12.7. The summed E-state index contributed by atoms with van der Waals surface area (Å²) in [5, 5.41) is 10.8. The van der Waals surface area contributed by atoms with Gasteiger partial charge in [0.1, 0.15) is 5.69 Å². The molecule has 0 bridgehead atoms. The number of hydrogen-bond donors (Lipinski definition) is 1. The summed E-state index contributed by atoms with van der Waals surface area (Å²) in [4.78, 5) is 14.5. The number of carbonyl (C=O) groups is 1. The first-order valence-corrected chi connectivity index (χ1v) is 7.22. The van der Waals surface area contributed by atoms with Crippen LogP contribution in [0.5, 0.6) is 0 Å². The Kier molecular flexibility index (Phi) is 3.00. The van der Waals surface area contributed by atoms with E-state index in [2.05, 4.69) is 15.4 Å². The van der Waals surface area contributed by atoms with Gasteiger partial charge in [0.2, 0.25) is 0 Å². The summed E-state index contributed by atoms with van der Waals surface area (Å²) in [6, 6.07) is 11.6. The number of rotatable bonds is 2. The number of hydrogen-bond acceptors (Lipinski definition) is 3. The molecule has 2 aromatic heterocycles. The molecule has 0 radical (unpaired) electrons. The first kappa shape index (κ1) is 12.8. The van der Waals surface area contributed by atoms with Crippen LogP contribution in [0.3, 0.4) is 0 Å². The van der Waals surface area contributed by atoms with E-state index in [1.54, 1.807) is 0 Å². The van der Waals surface area contributed by atoms with Gasteiger partial charge in [-0.05, 0) is 30.3 Å². The zero-order chi connectivity index (χ0) is 14.9. The first-order valence-electron chi connectivity index (χ1n) is 7.22. The average Bonchev–Trinajstić information content (AvgIpc) is 3.25. The molecule has 0 unspecified atom stereocenters. The monoisotopic (exact) mass is 293 g/mol. The molecule has 0 fully saturated rings. The molecular formula is C16H15N5O. The molecule has 0 atom stereocenters. The van der Waals surface area contributed by atoms with E-state index in [-0.39, 0.29) is 5.91 Å². The zero-order valence-corrected chi connectivity index (χ0v) is 11.9. The van der Waals surface area contributed by atoms with Crippen LogP contribution in [0.25, 0.3) is 5.69 Å². The van der Waals surface area contributed by atoms with Crippen molar-refractivity contribution in [3.8, 4) is 5.69 Å². The molecule has 0 saturated carbocycles. The SMILES string of the molecule is O=C(c1cccc(-n2cccc2)c1)N1CCc2n[nH]nc2C1. The van der Waals surface area contributed by atoms with Gasteiger partial charge in [0.25, 0.3) is 5.91 Å². The smallest absolute Gasteiger partial charge is 0.254 e. The van der Waals surface area contributed by atoms with Crippen molar-refractivity contribution in [2.75, 3.05) is 6.54 Å². The summed E-state index contributed by atoms with van der Waals surface area (Å²) in [7, 11) is 0. The molecule has 3 aromatic rings. The number of amides is 1. The molecule has 4 rings (SSSR count). The Labute approximate surface area is 127 Å². The summed E-state index contributed by atoms with van der Waals surface area (Å²) < 4.78 is 1.99. The quantitative estimate of drug-likeness (QED) is 0.783. The number of nitrogens with zero attached hydrogens (tertiary/aromatic N) is 4. The van der Waals surface area contributed by atoms with Crippen molar-refractivity contribution in [3.05, 3.63) is 65.7 Å². The molecule has 1 aliphatic rings. The fraction of sp³-hybridized carbons (Fsp3) is 0.188. The Balaban J connectivity index is 1.60. The van der Waals surface area contributed by atoms with Gasteiger partial charge in [-0.2, -0.15) is 15.4 Å². The highest BCUT2D eigenvalue weighted by atomic mass is 16.2. The normalized spacial score (nSPS) is 13.9. The van der Waals surface area contributed by atoms with Crippen LogP contribution in [0.4, 0.5) is 0 Å². The Hall–Kier alpha value is -2.89. The van der Waals surface area contributed by atoms with Crippen LogP contribution in [-0.4, -0.2) is 37.3 Å². The molecule has 3 heterocycles. The lowest BCUT2D eigenvalue weighted by Crippen LogP contribution is -2.36. The van der Waals surface area contributed by atoms with Crippen molar-refractivity contribution in [2.45, 2.75) is 13.0 Å². The minimum absolute atomic E-state index is 0.0302. The van der Waals surface area contributed by atoms with Crippen LogP contribution in [0.1, 0.15) is 21.7 Å². The number of H-pyrrole nitrogens is 1. The van der Waals surface area contributed by atoms with E-state index >= 15 is 0 Å². The van der Waals surface area contributed by atoms with E-state index in [0.29, 0.717) is 18.7 Å². The molecule has 1 N–H and O–H groups in total. The predicted molar refractivity (Wildman–Crippen MR) is 80.6 cm³/mol. The fourth-order valence-electron chi connectivity index (χ4n) is 2.76. The minimum atomic E-state index is 0.0302. The maximum absolute atomic E-state index is 12.7. The third-order valence-electron chi connectivity index (χ3n) is 3.95. The van der Waals surface area contributed by atoms with Gasteiger partial charge in [-0.3, -0.25) is 4.79 Å². The van der Waals surface area contributed by atoms with E-state index < -0.39 is 0 Å². The fourth-order valence-corrected chi connectivity index (χ4v) is 2.76. The zero-order valence-electron chi connectivity index (χ0n) is 11.9. The van der Waals surface area contributed by atoms with Crippen LogP contribution in [0, 0.1) is 0 Å². The number of aromatic amines is 1.